The normalized spacial score (nSPS) is 21.6. The first kappa shape index (κ1) is 16.7. The minimum atomic E-state index is -0.855. The van der Waals surface area contributed by atoms with E-state index in [1.165, 1.54) is 0 Å². The third kappa shape index (κ3) is 5.75. The van der Waals surface area contributed by atoms with E-state index in [0.29, 0.717) is 32.7 Å². The fourth-order valence-electron chi connectivity index (χ4n) is 2.27. The van der Waals surface area contributed by atoms with Crippen LogP contribution in [0.1, 0.15) is 26.7 Å². The van der Waals surface area contributed by atoms with Crippen LogP contribution in [0.25, 0.3) is 0 Å². The number of carboxylic acid groups (broad SMARTS) is 1. The molecule has 1 aliphatic rings. The molecular formula is C13H24N2O5. The number of nitrogens with one attached hydrogen (secondary N) is 1. The van der Waals surface area contributed by atoms with Crippen molar-refractivity contribution in [2.75, 3.05) is 33.4 Å². The Hall–Kier alpha value is -1.34. The lowest BCUT2D eigenvalue weighted by atomic mass is 10.1. The van der Waals surface area contributed by atoms with Crippen LogP contribution in [0.2, 0.25) is 0 Å². The summed E-state index contributed by atoms with van der Waals surface area (Å²) in [4.78, 5) is 24.1. The van der Waals surface area contributed by atoms with Crippen LogP contribution in [0.3, 0.4) is 0 Å². The number of carbonyl (C=O) groups excluding carboxylic acids is 1. The monoisotopic (exact) mass is 288 g/mol. The van der Waals surface area contributed by atoms with Gasteiger partial charge in [0.05, 0.1) is 31.4 Å². The maximum absolute atomic E-state index is 12.1. The lowest BCUT2D eigenvalue weighted by molar-refractivity contribution is -0.142. The molecular weight excluding hydrogens is 264 g/mol. The van der Waals surface area contributed by atoms with E-state index in [1.807, 2.05) is 13.8 Å². The van der Waals surface area contributed by atoms with E-state index in [1.54, 1.807) is 12.0 Å². The number of hydrogen-bond donors (Lipinski definition) is 2. The number of carboxylic acids is 1. The van der Waals surface area contributed by atoms with E-state index in [0.717, 1.165) is 0 Å². The Kier molecular flexibility index (Phi) is 6.22. The van der Waals surface area contributed by atoms with Crippen molar-refractivity contribution in [1.82, 2.24) is 10.2 Å². The van der Waals surface area contributed by atoms with Crippen LogP contribution < -0.4 is 5.32 Å². The summed E-state index contributed by atoms with van der Waals surface area (Å²) in [6, 6.07) is -0.187. The molecule has 0 bridgehead atoms. The molecule has 7 heteroatoms. The van der Waals surface area contributed by atoms with E-state index in [4.69, 9.17) is 14.6 Å². The van der Waals surface area contributed by atoms with Gasteiger partial charge in [0.25, 0.3) is 0 Å². The van der Waals surface area contributed by atoms with Crippen LogP contribution >= 0.6 is 0 Å². The molecule has 0 aromatic heterocycles. The van der Waals surface area contributed by atoms with Crippen LogP contribution in [0.15, 0.2) is 0 Å². The van der Waals surface area contributed by atoms with Gasteiger partial charge in [-0.25, -0.2) is 4.79 Å². The second-order valence-electron chi connectivity index (χ2n) is 5.56. The summed E-state index contributed by atoms with van der Waals surface area (Å²) in [5, 5.41) is 11.3. The Labute approximate surface area is 119 Å². The summed E-state index contributed by atoms with van der Waals surface area (Å²) >= 11 is 0. The van der Waals surface area contributed by atoms with Gasteiger partial charge in [0.15, 0.2) is 0 Å². The molecule has 1 rings (SSSR count). The van der Waals surface area contributed by atoms with Gasteiger partial charge in [0.2, 0.25) is 0 Å². The molecule has 20 heavy (non-hydrogen) atoms. The minimum Gasteiger partial charge on any atom is -0.481 e. The largest absolute Gasteiger partial charge is 0.481 e. The lowest BCUT2D eigenvalue weighted by Gasteiger charge is -2.42. The maximum atomic E-state index is 12.1. The van der Waals surface area contributed by atoms with E-state index in [9.17, 15) is 9.59 Å². The van der Waals surface area contributed by atoms with E-state index in [-0.39, 0.29) is 18.6 Å². The molecule has 7 nitrogen and oxygen atoms in total. The molecule has 0 aromatic rings. The van der Waals surface area contributed by atoms with Gasteiger partial charge in [-0.05, 0) is 20.3 Å². The van der Waals surface area contributed by atoms with Crippen molar-refractivity contribution >= 4 is 12.0 Å². The number of aliphatic carboxylic acids is 1. The SMILES string of the molecule is COCC1CN(C(=O)NCCCC(=O)O)CC(C)(C)O1. The molecule has 1 aliphatic heterocycles. The van der Waals surface area contributed by atoms with Gasteiger partial charge in [-0.2, -0.15) is 0 Å². The first-order valence-electron chi connectivity index (χ1n) is 6.75. The van der Waals surface area contributed by atoms with E-state index < -0.39 is 11.6 Å². The predicted molar refractivity (Wildman–Crippen MR) is 72.7 cm³/mol. The highest BCUT2D eigenvalue weighted by Crippen LogP contribution is 2.21. The van der Waals surface area contributed by atoms with Crippen molar-refractivity contribution in [1.29, 1.82) is 0 Å². The fourth-order valence-corrected chi connectivity index (χ4v) is 2.27. The first-order valence-corrected chi connectivity index (χ1v) is 6.75. The average molecular weight is 288 g/mol. The third-order valence-electron chi connectivity index (χ3n) is 2.96. The smallest absolute Gasteiger partial charge is 0.317 e. The second-order valence-corrected chi connectivity index (χ2v) is 5.56. The van der Waals surface area contributed by atoms with Crippen LogP contribution in [0.4, 0.5) is 4.79 Å². The highest BCUT2D eigenvalue weighted by molar-refractivity contribution is 5.74. The molecule has 2 amide bonds. The van der Waals surface area contributed by atoms with E-state index >= 15 is 0 Å². The van der Waals surface area contributed by atoms with Crippen LogP contribution in [0.5, 0.6) is 0 Å². The van der Waals surface area contributed by atoms with Crippen LogP contribution in [-0.2, 0) is 14.3 Å². The fraction of sp³-hybridized carbons (Fsp3) is 0.846. The highest BCUT2D eigenvalue weighted by atomic mass is 16.5. The zero-order valence-corrected chi connectivity index (χ0v) is 12.3. The Balaban J connectivity index is 2.43. The number of amides is 2. The molecule has 1 heterocycles. The van der Waals surface area contributed by atoms with Crippen molar-refractivity contribution < 1.29 is 24.2 Å². The minimum absolute atomic E-state index is 0.0567. The summed E-state index contributed by atoms with van der Waals surface area (Å²) in [6.45, 7) is 5.63. The summed E-state index contributed by atoms with van der Waals surface area (Å²) in [5.74, 6) is -0.855. The van der Waals surface area contributed by atoms with E-state index in [2.05, 4.69) is 5.32 Å². The van der Waals surface area contributed by atoms with Gasteiger partial charge >= 0.3 is 12.0 Å². The number of urea groups is 1. The Bertz CT molecular complexity index is 346. The summed E-state index contributed by atoms with van der Waals surface area (Å²) in [6.07, 6.45) is 0.339. The van der Waals surface area contributed by atoms with Gasteiger partial charge in [-0.15, -0.1) is 0 Å². The zero-order chi connectivity index (χ0) is 15.2. The molecule has 1 atom stereocenters. The van der Waals surface area contributed by atoms with Gasteiger partial charge in [-0.1, -0.05) is 0 Å². The van der Waals surface area contributed by atoms with Crippen LogP contribution in [-0.4, -0.2) is 67.1 Å². The van der Waals surface area contributed by atoms with Crippen molar-refractivity contribution in [3.8, 4) is 0 Å². The topological polar surface area (TPSA) is 88.1 Å². The molecule has 0 saturated carbocycles. The second kappa shape index (κ2) is 7.44. The molecule has 0 spiro atoms. The standard InChI is InChI=1S/C13H24N2O5/c1-13(2)9-15(7-10(20-13)8-19-3)12(18)14-6-4-5-11(16)17/h10H,4-9H2,1-3H3,(H,14,18)(H,16,17). The average Bonchev–Trinajstić information content (AvgIpc) is 2.32. The Morgan fingerprint density at radius 3 is 2.80 bits per heavy atom. The van der Waals surface area contributed by atoms with Gasteiger partial charge in [0, 0.05) is 20.1 Å². The van der Waals surface area contributed by atoms with Gasteiger partial charge < -0.3 is 24.8 Å². The summed E-state index contributed by atoms with van der Waals surface area (Å²) in [7, 11) is 1.60. The summed E-state index contributed by atoms with van der Waals surface area (Å²) < 4.78 is 10.9. The number of rotatable bonds is 6. The molecule has 0 aliphatic carbocycles. The van der Waals surface area contributed by atoms with Crippen molar-refractivity contribution in [2.24, 2.45) is 0 Å². The van der Waals surface area contributed by atoms with Gasteiger partial charge in [-0.3, -0.25) is 4.79 Å². The Morgan fingerprint density at radius 1 is 1.50 bits per heavy atom. The maximum Gasteiger partial charge on any atom is 0.317 e. The van der Waals surface area contributed by atoms with Gasteiger partial charge in [0.1, 0.15) is 0 Å². The molecule has 2 N–H and O–H groups in total. The number of methoxy groups -OCH3 is 1. The number of carbonyl (C=O) groups is 2. The first-order chi connectivity index (χ1) is 9.34. The van der Waals surface area contributed by atoms with Crippen molar-refractivity contribution in [3.63, 3.8) is 0 Å². The van der Waals surface area contributed by atoms with Crippen molar-refractivity contribution in [2.45, 2.75) is 38.4 Å². The molecule has 116 valence electrons. The number of morpholine rings is 1. The molecule has 0 radical (unpaired) electrons. The molecule has 0 aromatic carbocycles. The molecule has 1 fully saturated rings. The Morgan fingerprint density at radius 2 is 2.20 bits per heavy atom. The molecule has 1 unspecified atom stereocenters. The van der Waals surface area contributed by atoms with Crippen LogP contribution in [0, 0.1) is 0 Å². The highest BCUT2D eigenvalue weighted by Gasteiger charge is 2.35. The van der Waals surface area contributed by atoms with Crippen molar-refractivity contribution in [3.05, 3.63) is 0 Å². The lowest BCUT2D eigenvalue weighted by Crippen LogP contribution is -2.57. The predicted octanol–water partition coefficient (Wildman–Crippen LogP) is 0.687. The summed E-state index contributed by atoms with van der Waals surface area (Å²) in [5.41, 5.74) is -0.417. The zero-order valence-electron chi connectivity index (χ0n) is 12.3. The number of nitrogens with zero attached hydrogens (tertiary/aromatic N) is 1. The quantitative estimate of drug-likeness (QED) is 0.702. The number of ether oxygens (including phenoxy) is 2. The third-order valence-corrected chi connectivity index (χ3v) is 2.96. The molecule has 1 saturated heterocycles. The number of hydrogen-bond acceptors (Lipinski definition) is 4.